The van der Waals surface area contributed by atoms with Crippen molar-refractivity contribution in [3.8, 4) is 0 Å². The summed E-state index contributed by atoms with van der Waals surface area (Å²) in [6.45, 7) is 9.93. The number of allylic oxidation sites excluding steroid dienone is 3. The molecule has 0 saturated heterocycles. The summed E-state index contributed by atoms with van der Waals surface area (Å²) in [5.74, 6) is 0. The molecule has 0 N–H and O–H groups in total. The summed E-state index contributed by atoms with van der Waals surface area (Å²) in [4.78, 5) is 3.92. The maximum absolute atomic E-state index is 3.92. The van der Waals surface area contributed by atoms with Crippen LogP contribution in [0.5, 0.6) is 0 Å². The fourth-order valence-electron chi connectivity index (χ4n) is 0.627. The Morgan fingerprint density at radius 2 is 1.80 bits per heavy atom. The van der Waals surface area contributed by atoms with Crippen LogP contribution in [0.15, 0.2) is 28.3 Å². The van der Waals surface area contributed by atoms with E-state index in [2.05, 4.69) is 18.5 Å². The second-order valence-corrected chi connectivity index (χ2v) is 2.48. The molecule has 1 nitrogen and oxygen atoms in total. The lowest BCUT2D eigenvalue weighted by molar-refractivity contribution is 1.30. The normalized spacial score (nSPS) is 13.6. The highest BCUT2D eigenvalue weighted by Crippen LogP contribution is 2.09. The molecule has 0 aromatic rings. The molecule has 0 unspecified atom stereocenters. The number of aliphatic imine (C=N–C) groups is 1. The zero-order chi connectivity index (χ0) is 8.15. The monoisotopic (exact) mass is 137 g/mol. The second kappa shape index (κ2) is 4.04. The molecule has 1 heteroatoms. The fourth-order valence-corrected chi connectivity index (χ4v) is 0.627. The minimum atomic E-state index is 1.11. The van der Waals surface area contributed by atoms with Crippen molar-refractivity contribution < 1.29 is 0 Å². The van der Waals surface area contributed by atoms with Crippen LogP contribution in [-0.2, 0) is 0 Å². The van der Waals surface area contributed by atoms with E-state index in [-0.39, 0.29) is 0 Å². The van der Waals surface area contributed by atoms with E-state index in [0.717, 1.165) is 5.57 Å². The van der Waals surface area contributed by atoms with Gasteiger partial charge in [0.1, 0.15) is 0 Å². The van der Waals surface area contributed by atoms with Gasteiger partial charge in [0.05, 0.1) is 0 Å². The SMILES string of the molecule is C=C(C)/C(C)=C(C)\C=N/C. The molecule has 0 bridgehead atoms. The Morgan fingerprint density at radius 3 is 2.10 bits per heavy atom. The van der Waals surface area contributed by atoms with E-state index in [4.69, 9.17) is 0 Å². The van der Waals surface area contributed by atoms with Crippen molar-refractivity contribution in [2.45, 2.75) is 20.8 Å². The highest BCUT2D eigenvalue weighted by molar-refractivity contribution is 5.79. The van der Waals surface area contributed by atoms with Crippen LogP contribution in [0.2, 0.25) is 0 Å². The van der Waals surface area contributed by atoms with Gasteiger partial charge in [-0.2, -0.15) is 0 Å². The van der Waals surface area contributed by atoms with Gasteiger partial charge in [0, 0.05) is 13.3 Å². The van der Waals surface area contributed by atoms with E-state index in [0.29, 0.717) is 0 Å². The predicted octanol–water partition coefficient (Wildman–Crippen LogP) is 2.60. The van der Waals surface area contributed by atoms with E-state index >= 15 is 0 Å². The third-order valence-corrected chi connectivity index (χ3v) is 1.55. The van der Waals surface area contributed by atoms with Crippen molar-refractivity contribution in [3.63, 3.8) is 0 Å². The minimum absolute atomic E-state index is 1.11. The van der Waals surface area contributed by atoms with Gasteiger partial charge < -0.3 is 0 Å². The first-order valence-corrected chi connectivity index (χ1v) is 3.35. The number of rotatable bonds is 2. The molecule has 0 amide bonds. The van der Waals surface area contributed by atoms with Gasteiger partial charge >= 0.3 is 0 Å². The number of hydrogen-bond acceptors (Lipinski definition) is 1. The van der Waals surface area contributed by atoms with Gasteiger partial charge in [0.25, 0.3) is 0 Å². The molecule has 0 spiro atoms. The first-order valence-electron chi connectivity index (χ1n) is 3.35. The summed E-state index contributed by atoms with van der Waals surface area (Å²) in [5.41, 5.74) is 3.53. The first kappa shape index (κ1) is 9.15. The van der Waals surface area contributed by atoms with Crippen LogP contribution < -0.4 is 0 Å². The number of nitrogens with zero attached hydrogens (tertiary/aromatic N) is 1. The lowest BCUT2D eigenvalue weighted by Crippen LogP contribution is -1.85. The quantitative estimate of drug-likeness (QED) is 0.410. The molecule has 0 radical (unpaired) electrons. The minimum Gasteiger partial charge on any atom is -0.296 e. The Balaban J connectivity index is 4.50. The van der Waals surface area contributed by atoms with Crippen LogP contribution in [0.3, 0.4) is 0 Å². The van der Waals surface area contributed by atoms with E-state index in [9.17, 15) is 0 Å². The van der Waals surface area contributed by atoms with Crippen molar-refractivity contribution in [2.75, 3.05) is 7.05 Å². The van der Waals surface area contributed by atoms with Crippen molar-refractivity contribution in [1.29, 1.82) is 0 Å². The maximum Gasteiger partial charge on any atom is 0.0277 e. The molecule has 0 rings (SSSR count). The molecular formula is C9H15N. The topological polar surface area (TPSA) is 12.4 Å². The summed E-state index contributed by atoms with van der Waals surface area (Å²) in [5, 5.41) is 0. The van der Waals surface area contributed by atoms with E-state index in [1.165, 1.54) is 11.1 Å². The molecule has 0 aliphatic heterocycles. The summed E-state index contributed by atoms with van der Waals surface area (Å²) < 4.78 is 0. The largest absolute Gasteiger partial charge is 0.296 e. The molecule has 0 fully saturated rings. The molecule has 0 aliphatic carbocycles. The molecule has 0 saturated carbocycles. The van der Waals surface area contributed by atoms with Crippen LogP contribution in [0.4, 0.5) is 0 Å². The molecular weight excluding hydrogens is 122 g/mol. The lowest BCUT2D eigenvalue weighted by Gasteiger charge is -2.00. The highest BCUT2D eigenvalue weighted by Gasteiger charge is 1.92. The van der Waals surface area contributed by atoms with Crippen LogP contribution in [0, 0.1) is 0 Å². The second-order valence-electron chi connectivity index (χ2n) is 2.48. The molecule has 10 heavy (non-hydrogen) atoms. The molecule has 56 valence electrons. The Labute approximate surface area is 63.2 Å². The van der Waals surface area contributed by atoms with Crippen LogP contribution in [-0.4, -0.2) is 13.3 Å². The van der Waals surface area contributed by atoms with Gasteiger partial charge in [0.2, 0.25) is 0 Å². The number of hydrogen-bond donors (Lipinski definition) is 0. The van der Waals surface area contributed by atoms with Gasteiger partial charge in [-0.15, -0.1) is 0 Å². The average Bonchev–Trinajstić information content (AvgIpc) is 1.87. The van der Waals surface area contributed by atoms with Gasteiger partial charge in [0.15, 0.2) is 0 Å². The van der Waals surface area contributed by atoms with E-state index < -0.39 is 0 Å². The third-order valence-electron chi connectivity index (χ3n) is 1.55. The summed E-state index contributed by atoms with van der Waals surface area (Å²) in [6.07, 6.45) is 1.85. The van der Waals surface area contributed by atoms with Gasteiger partial charge in [-0.1, -0.05) is 12.2 Å². The highest BCUT2D eigenvalue weighted by atomic mass is 14.6. The molecule has 0 heterocycles. The van der Waals surface area contributed by atoms with E-state index in [1.807, 2.05) is 20.1 Å². The smallest absolute Gasteiger partial charge is 0.0277 e. The van der Waals surface area contributed by atoms with Gasteiger partial charge in [-0.05, 0) is 31.9 Å². The van der Waals surface area contributed by atoms with Crippen molar-refractivity contribution in [1.82, 2.24) is 0 Å². The van der Waals surface area contributed by atoms with Gasteiger partial charge in [-0.25, -0.2) is 0 Å². The zero-order valence-electron chi connectivity index (χ0n) is 7.23. The molecule has 0 aromatic carbocycles. The standard InChI is InChI=1S/C9H15N/c1-7(2)9(4)8(3)6-10-5/h6H,1H2,2-5H3/b9-8-,10-6-. The summed E-state index contributed by atoms with van der Waals surface area (Å²) in [6, 6.07) is 0. The molecule has 0 aliphatic rings. The molecule has 0 atom stereocenters. The molecule has 0 aromatic heterocycles. The lowest BCUT2D eigenvalue weighted by atomic mass is 10.1. The Hall–Kier alpha value is -0.850. The van der Waals surface area contributed by atoms with Crippen LogP contribution in [0.1, 0.15) is 20.8 Å². The van der Waals surface area contributed by atoms with E-state index in [1.54, 1.807) is 7.05 Å². The first-order chi connectivity index (χ1) is 4.59. The predicted molar refractivity (Wildman–Crippen MR) is 47.6 cm³/mol. The van der Waals surface area contributed by atoms with Gasteiger partial charge in [-0.3, -0.25) is 4.99 Å². The van der Waals surface area contributed by atoms with Crippen LogP contribution in [0.25, 0.3) is 0 Å². The van der Waals surface area contributed by atoms with Crippen molar-refractivity contribution in [2.24, 2.45) is 4.99 Å². The Bertz CT molecular complexity index is 185. The summed E-state index contributed by atoms with van der Waals surface area (Å²) >= 11 is 0. The van der Waals surface area contributed by atoms with Crippen molar-refractivity contribution in [3.05, 3.63) is 23.3 Å². The summed E-state index contributed by atoms with van der Waals surface area (Å²) in [7, 11) is 1.77. The average molecular weight is 137 g/mol. The third kappa shape index (κ3) is 2.62. The van der Waals surface area contributed by atoms with Crippen LogP contribution >= 0.6 is 0 Å². The maximum atomic E-state index is 3.92. The van der Waals surface area contributed by atoms with Crippen molar-refractivity contribution >= 4 is 6.21 Å². The Morgan fingerprint density at radius 1 is 1.30 bits per heavy atom. The Kier molecular flexibility index (Phi) is 3.70. The fraction of sp³-hybridized carbons (Fsp3) is 0.444. The zero-order valence-corrected chi connectivity index (χ0v) is 7.23.